The van der Waals surface area contributed by atoms with Gasteiger partial charge in [0.25, 0.3) is 0 Å². The van der Waals surface area contributed by atoms with E-state index in [2.05, 4.69) is 10.2 Å². The van der Waals surface area contributed by atoms with Crippen molar-refractivity contribution in [1.82, 2.24) is 9.13 Å². The molecule has 3 aromatic rings. The molecule has 3 rings (SSSR count). The lowest BCUT2D eigenvalue weighted by Crippen LogP contribution is -2.37. The van der Waals surface area contributed by atoms with Crippen molar-refractivity contribution in [2.24, 2.45) is 24.3 Å². The van der Waals surface area contributed by atoms with Crippen LogP contribution in [0.2, 0.25) is 0 Å². The molecule has 26 heavy (non-hydrogen) atoms. The van der Waals surface area contributed by atoms with Crippen molar-refractivity contribution < 1.29 is 17.5 Å². The first-order chi connectivity index (χ1) is 12.3. The summed E-state index contributed by atoms with van der Waals surface area (Å²) in [4.78, 5) is 0.778. The lowest BCUT2D eigenvalue weighted by atomic mass is 10.3. The largest absolute Gasteiger partial charge is 0.748 e. The quantitative estimate of drug-likeness (QED) is 0.267. The number of rotatable bonds is 6. The monoisotopic (exact) mass is 393 g/mol. The fraction of sp³-hybridized carbons (Fsp3) is 0.312. The summed E-state index contributed by atoms with van der Waals surface area (Å²) in [5.74, 6) is 0.383. The Balaban J connectivity index is 1.82. The molecule has 0 radical (unpaired) electrons. The van der Waals surface area contributed by atoms with Crippen molar-refractivity contribution in [3.8, 4) is 0 Å². The molecule has 0 N–H and O–H groups in total. The minimum Gasteiger partial charge on any atom is -0.748 e. The van der Waals surface area contributed by atoms with Crippen molar-refractivity contribution in [2.75, 3.05) is 5.75 Å². The van der Waals surface area contributed by atoms with Crippen LogP contribution in [0.15, 0.2) is 46.9 Å². The highest BCUT2D eigenvalue weighted by atomic mass is 32.2. The summed E-state index contributed by atoms with van der Waals surface area (Å²) in [6, 6.07) is 8.04. The first-order valence-corrected chi connectivity index (χ1v) is 10.3. The van der Waals surface area contributed by atoms with Crippen LogP contribution in [0, 0.1) is 0 Å². The Labute approximate surface area is 155 Å². The Morgan fingerprint density at radius 1 is 1.31 bits per heavy atom. The number of para-hydroxylation sites is 1. The highest BCUT2D eigenvalue weighted by Crippen LogP contribution is 2.15. The topological polar surface area (TPSA) is 95.7 Å². The van der Waals surface area contributed by atoms with Gasteiger partial charge in [0.05, 0.1) is 33.9 Å². The van der Waals surface area contributed by atoms with Crippen LogP contribution in [0.5, 0.6) is 0 Å². The number of thiazole rings is 1. The van der Waals surface area contributed by atoms with E-state index in [1.807, 2.05) is 64.5 Å². The normalized spacial score (nSPS) is 13.3. The third-order valence-corrected chi connectivity index (χ3v) is 5.84. The molecule has 0 amide bonds. The first kappa shape index (κ1) is 18.5. The van der Waals surface area contributed by atoms with E-state index in [0.717, 1.165) is 20.8 Å². The van der Waals surface area contributed by atoms with Gasteiger partial charge in [-0.3, -0.25) is 0 Å². The first-order valence-electron chi connectivity index (χ1n) is 7.95. The molecule has 0 atom stereocenters. The van der Waals surface area contributed by atoms with Crippen molar-refractivity contribution in [3.63, 3.8) is 0 Å². The Morgan fingerprint density at radius 2 is 2.08 bits per heavy atom. The molecular weight excluding hydrogens is 374 g/mol. The van der Waals surface area contributed by atoms with Gasteiger partial charge in [-0.1, -0.05) is 23.5 Å². The van der Waals surface area contributed by atoms with Gasteiger partial charge < -0.3 is 9.12 Å². The van der Waals surface area contributed by atoms with Crippen LogP contribution >= 0.6 is 11.3 Å². The molecule has 2 heterocycles. The molecule has 0 saturated carbocycles. The van der Waals surface area contributed by atoms with Gasteiger partial charge in [-0.05, 0) is 18.6 Å². The average molecular weight is 393 g/mol. The number of nitrogens with zero attached hydrogens (tertiary/aromatic N) is 5. The van der Waals surface area contributed by atoms with Crippen molar-refractivity contribution in [3.05, 3.63) is 47.3 Å². The fourth-order valence-corrected chi connectivity index (χ4v) is 4.07. The predicted molar refractivity (Wildman–Crippen MR) is 98.7 cm³/mol. The van der Waals surface area contributed by atoms with E-state index >= 15 is 0 Å². The standard InChI is InChI=1S/C16H19N5O3S2/c1-19-9-10-21(8-5-11-26(22,23)24)15(19)12-17-18-16-20(2)13-6-3-4-7-14(13)25-16/h3-4,6-7,9-10,12H,5,8,11H2,1-2H3. The number of hydrogen-bond acceptors (Lipinski definition) is 6. The SMILES string of the molecule is Cn1cc[n+](CCCS(=O)(=O)[O-])c1/C=N/N=c1/sc2ccccc2n1C. The van der Waals surface area contributed by atoms with Gasteiger partial charge in [0.1, 0.15) is 18.6 Å². The number of hydrogen-bond donors (Lipinski definition) is 0. The van der Waals surface area contributed by atoms with Crippen LogP contribution in [0.4, 0.5) is 0 Å². The second-order valence-corrected chi connectivity index (χ2v) is 8.36. The van der Waals surface area contributed by atoms with Crippen LogP contribution in [-0.4, -0.2) is 34.1 Å². The van der Waals surface area contributed by atoms with E-state index in [1.54, 1.807) is 17.6 Å². The van der Waals surface area contributed by atoms with Crippen molar-refractivity contribution in [1.29, 1.82) is 0 Å². The number of benzene rings is 1. The van der Waals surface area contributed by atoms with Gasteiger partial charge in [-0.2, -0.15) is 0 Å². The van der Waals surface area contributed by atoms with Gasteiger partial charge in [0.15, 0.2) is 0 Å². The van der Waals surface area contributed by atoms with Gasteiger partial charge in [0, 0.05) is 12.8 Å². The number of aromatic nitrogens is 3. The Bertz CT molecular complexity index is 1120. The summed E-state index contributed by atoms with van der Waals surface area (Å²) >= 11 is 1.55. The maximum atomic E-state index is 10.7. The molecule has 8 nitrogen and oxygen atoms in total. The molecule has 0 aliphatic carbocycles. The maximum Gasteiger partial charge on any atom is 0.301 e. The molecule has 0 aliphatic heterocycles. The Morgan fingerprint density at radius 3 is 2.81 bits per heavy atom. The number of imidazole rings is 1. The lowest BCUT2D eigenvalue weighted by molar-refractivity contribution is -0.697. The van der Waals surface area contributed by atoms with Gasteiger partial charge in [0.2, 0.25) is 4.80 Å². The zero-order valence-electron chi connectivity index (χ0n) is 14.4. The zero-order valence-corrected chi connectivity index (χ0v) is 16.1. The molecule has 0 aliphatic rings. The van der Waals surface area contributed by atoms with Crippen LogP contribution < -0.4 is 9.37 Å². The summed E-state index contributed by atoms with van der Waals surface area (Å²) in [6.45, 7) is 0.417. The third-order valence-electron chi connectivity index (χ3n) is 3.95. The van der Waals surface area contributed by atoms with Crippen LogP contribution in [-0.2, 0) is 30.8 Å². The minimum atomic E-state index is -4.19. The summed E-state index contributed by atoms with van der Waals surface area (Å²) in [5, 5.41) is 8.48. The molecule has 0 unspecified atom stereocenters. The van der Waals surface area contributed by atoms with E-state index in [-0.39, 0.29) is 12.2 Å². The minimum absolute atomic E-state index is 0.254. The third kappa shape index (κ3) is 4.26. The van der Waals surface area contributed by atoms with Crippen molar-refractivity contribution in [2.45, 2.75) is 13.0 Å². The maximum absolute atomic E-state index is 10.7. The van der Waals surface area contributed by atoms with Crippen molar-refractivity contribution >= 4 is 37.9 Å². The van der Waals surface area contributed by atoms with E-state index in [9.17, 15) is 13.0 Å². The molecule has 0 spiro atoms. The molecular formula is C16H19N5O3S2. The molecule has 0 saturated heterocycles. The van der Waals surface area contributed by atoms with Crippen LogP contribution in [0.1, 0.15) is 12.2 Å². The molecule has 138 valence electrons. The molecule has 0 bridgehead atoms. The van der Waals surface area contributed by atoms with Gasteiger partial charge in [-0.15, -0.1) is 10.2 Å². The highest BCUT2D eigenvalue weighted by molar-refractivity contribution is 7.85. The Hall–Kier alpha value is -2.30. The predicted octanol–water partition coefficient (Wildman–Crippen LogP) is 0.736. The Kier molecular flexibility index (Phi) is 5.35. The van der Waals surface area contributed by atoms with E-state index in [4.69, 9.17) is 0 Å². The zero-order chi connectivity index (χ0) is 18.7. The van der Waals surface area contributed by atoms with Gasteiger partial charge in [-0.25, -0.2) is 17.6 Å². The van der Waals surface area contributed by atoms with E-state index in [0.29, 0.717) is 6.54 Å². The van der Waals surface area contributed by atoms with E-state index in [1.165, 1.54) is 0 Å². The van der Waals surface area contributed by atoms with Gasteiger partial charge >= 0.3 is 5.82 Å². The fourth-order valence-electron chi connectivity index (χ4n) is 2.61. The average Bonchev–Trinajstić information content (AvgIpc) is 3.08. The molecule has 2 aromatic heterocycles. The number of aryl methyl sites for hydroxylation is 3. The smallest absolute Gasteiger partial charge is 0.301 e. The summed E-state index contributed by atoms with van der Waals surface area (Å²) < 4.78 is 39.0. The summed E-state index contributed by atoms with van der Waals surface area (Å²) in [6.07, 6.45) is 5.53. The summed E-state index contributed by atoms with van der Waals surface area (Å²) in [7, 11) is -0.388. The number of fused-ring (bicyclic) bond motifs is 1. The molecule has 1 aromatic carbocycles. The highest BCUT2D eigenvalue weighted by Gasteiger charge is 2.12. The second-order valence-electron chi connectivity index (χ2n) is 5.83. The van der Waals surface area contributed by atoms with Crippen LogP contribution in [0.3, 0.4) is 0 Å². The molecule has 10 heteroatoms. The lowest BCUT2D eigenvalue weighted by Gasteiger charge is -2.04. The second kappa shape index (κ2) is 7.52. The summed E-state index contributed by atoms with van der Waals surface area (Å²) in [5.41, 5.74) is 1.10. The molecule has 0 fully saturated rings. The van der Waals surface area contributed by atoms with E-state index < -0.39 is 10.1 Å². The van der Waals surface area contributed by atoms with Crippen LogP contribution in [0.25, 0.3) is 10.2 Å².